The number of aryl methyl sites for hydroxylation is 1. The molecule has 1 aromatic rings. The maximum Gasteiger partial charge on any atom is 0.236 e. The van der Waals surface area contributed by atoms with Crippen molar-refractivity contribution in [2.24, 2.45) is 0 Å². The Hall–Kier alpha value is -1.57. The molecule has 0 unspecified atom stereocenters. The summed E-state index contributed by atoms with van der Waals surface area (Å²) in [6.45, 7) is 8.07. The molecule has 0 spiro atoms. The lowest BCUT2D eigenvalue weighted by Gasteiger charge is -2.36. The van der Waals surface area contributed by atoms with Gasteiger partial charge in [-0.3, -0.25) is 14.5 Å². The molecule has 2 amide bonds. The minimum atomic E-state index is 0.149. The first-order chi connectivity index (χ1) is 12.6. The number of amides is 2. The van der Waals surface area contributed by atoms with Gasteiger partial charge in [-0.05, 0) is 19.1 Å². The van der Waals surface area contributed by atoms with Crippen LogP contribution in [0.1, 0.15) is 5.56 Å². The van der Waals surface area contributed by atoms with Crippen molar-refractivity contribution in [1.82, 2.24) is 14.7 Å². The van der Waals surface area contributed by atoms with E-state index in [0.717, 1.165) is 18.0 Å². The molecule has 0 radical (unpaired) electrons. The molecule has 6 nitrogen and oxygen atoms in total. The lowest BCUT2D eigenvalue weighted by molar-refractivity contribution is -0.139. The Morgan fingerprint density at radius 2 is 1.50 bits per heavy atom. The summed E-state index contributed by atoms with van der Waals surface area (Å²) in [5, 5.41) is 0. The van der Waals surface area contributed by atoms with E-state index in [1.807, 2.05) is 9.80 Å². The summed E-state index contributed by atoms with van der Waals surface area (Å²) in [6.07, 6.45) is 0. The molecule has 0 aliphatic carbocycles. The number of carbonyl (C=O) groups excluding carboxylic acids is 2. The number of nitrogens with zero attached hydrogens (tertiary/aromatic N) is 3. The van der Waals surface area contributed by atoms with Gasteiger partial charge in [-0.15, -0.1) is 11.8 Å². The molecule has 0 N–H and O–H groups in total. The van der Waals surface area contributed by atoms with Crippen molar-refractivity contribution in [3.8, 4) is 0 Å². The van der Waals surface area contributed by atoms with Gasteiger partial charge in [-0.1, -0.05) is 17.7 Å². The smallest absolute Gasteiger partial charge is 0.236 e. The Kier molecular flexibility index (Phi) is 6.93. The van der Waals surface area contributed by atoms with Gasteiger partial charge in [0.2, 0.25) is 11.8 Å². The SMILES string of the molecule is Cc1ccc(SCC(=O)N2CCN(C(=O)CN3CCOCC3)CC2)cc1. The molecule has 0 atom stereocenters. The van der Waals surface area contributed by atoms with E-state index in [1.54, 1.807) is 11.8 Å². The maximum atomic E-state index is 12.4. The zero-order valence-corrected chi connectivity index (χ0v) is 16.2. The second kappa shape index (κ2) is 9.39. The number of ether oxygens (including phenoxy) is 1. The van der Waals surface area contributed by atoms with E-state index in [9.17, 15) is 9.59 Å². The summed E-state index contributed by atoms with van der Waals surface area (Å²) >= 11 is 1.57. The molecule has 0 saturated carbocycles. The van der Waals surface area contributed by atoms with Crippen LogP contribution < -0.4 is 0 Å². The third-order valence-electron chi connectivity index (χ3n) is 4.83. The van der Waals surface area contributed by atoms with Crippen molar-refractivity contribution in [3.05, 3.63) is 29.8 Å². The molecule has 0 aromatic heterocycles. The molecule has 7 heteroatoms. The lowest BCUT2D eigenvalue weighted by Crippen LogP contribution is -2.53. The molecule has 2 aliphatic heterocycles. The van der Waals surface area contributed by atoms with Gasteiger partial charge in [0, 0.05) is 44.2 Å². The zero-order valence-electron chi connectivity index (χ0n) is 15.4. The highest BCUT2D eigenvalue weighted by molar-refractivity contribution is 8.00. The number of benzene rings is 1. The van der Waals surface area contributed by atoms with E-state index < -0.39 is 0 Å². The monoisotopic (exact) mass is 377 g/mol. The van der Waals surface area contributed by atoms with Crippen molar-refractivity contribution in [2.45, 2.75) is 11.8 Å². The van der Waals surface area contributed by atoms with Crippen molar-refractivity contribution < 1.29 is 14.3 Å². The van der Waals surface area contributed by atoms with Crippen LogP contribution in [0, 0.1) is 6.92 Å². The molecule has 1 aromatic carbocycles. The Bertz CT molecular complexity index is 609. The van der Waals surface area contributed by atoms with Gasteiger partial charge < -0.3 is 14.5 Å². The Labute approximate surface area is 159 Å². The van der Waals surface area contributed by atoms with Crippen molar-refractivity contribution in [1.29, 1.82) is 0 Å². The summed E-state index contributed by atoms with van der Waals surface area (Å²) < 4.78 is 5.32. The average Bonchev–Trinajstić information content (AvgIpc) is 2.68. The highest BCUT2D eigenvalue weighted by Crippen LogP contribution is 2.19. The Morgan fingerprint density at radius 3 is 2.12 bits per heavy atom. The maximum absolute atomic E-state index is 12.4. The van der Waals surface area contributed by atoms with E-state index in [-0.39, 0.29) is 11.8 Å². The second-order valence-electron chi connectivity index (χ2n) is 6.75. The fourth-order valence-electron chi connectivity index (χ4n) is 3.13. The Morgan fingerprint density at radius 1 is 0.923 bits per heavy atom. The predicted molar refractivity (Wildman–Crippen MR) is 102 cm³/mol. The first kappa shape index (κ1) is 19.2. The normalized spacial score (nSPS) is 18.8. The summed E-state index contributed by atoms with van der Waals surface area (Å²) in [5.74, 6) is 0.758. The molecule has 2 heterocycles. The van der Waals surface area contributed by atoms with Gasteiger partial charge in [0.05, 0.1) is 25.5 Å². The molecule has 2 aliphatic rings. The van der Waals surface area contributed by atoms with Crippen molar-refractivity contribution >= 4 is 23.6 Å². The van der Waals surface area contributed by atoms with Crippen molar-refractivity contribution in [2.75, 3.05) is 64.8 Å². The molecule has 0 bridgehead atoms. The molecular weight excluding hydrogens is 350 g/mol. The summed E-state index contributed by atoms with van der Waals surface area (Å²) in [4.78, 5) is 31.8. The fourth-order valence-corrected chi connectivity index (χ4v) is 3.93. The molecule has 3 rings (SSSR count). The van der Waals surface area contributed by atoms with Gasteiger partial charge in [0.1, 0.15) is 0 Å². The molecule has 2 fully saturated rings. The third-order valence-corrected chi connectivity index (χ3v) is 5.83. The van der Waals surface area contributed by atoms with Crippen LogP contribution >= 0.6 is 11.8 Å². The number of carbonyl (C=O) groups is 2. The first-order valence-corrected chi connectivity index (χ1v) is 10.2. The van der Waals surface area contributed by atoms with Gasteiger partial charge in [-0.25, -0.2) is 0 Å². The number of thioether (sulfide) groups is 1. The van der Waals surface area contributed by atoms with Crippen LogP contribution in [0.3, 0.4) is 0 Å². The van der Waals surface area contributed by atoms with Crippen LogP contribution in [0.5, 0.6) is 0 Å². The number of piperazine rings is 1. The largest absolute Gasteiger partial charge is 0.379 e. The standard InChI is InChI=1S/C19H27N3O3S/c1-16-2-4-17(5-3-16)26-15-19(24)22-8-6-21(7-9-22)18(23)14-20-10-12-25-13-11-20/h2-5H,6-15H2,1H3. The van der Waals surface area contributed by atoms with Crippen LogP contribution in [0.25, 0.3) is 0 Å². The molecular formula is C19H27N3O3S. The van der Waals surface area contributed by atoms with Gasteiger partial charge >= 0.3 is 0 Å². The van der Waals surface area contributed by atoms with Gasteiger partial charge in [-0.2, -0.15) is 0 Å². The quantitative estimate of drug-likeness (QED) is 0.719. The van der Waals surface area contributed by atoms with E-state index >= 15 is 0 Å². The summed E-state index contributed by atoms with van der Waals surface area (Å²) in [6, 6.07) is 8.22. The fraction of sp³-hybridized carbons (Fsp3) is 0.579. The van der Waals surface area contributed by atoms with Gasteiger partial charge in [0.15, 0.2) is 0 Å². The number of rotatable bonds is 5. The van der Waals surface area contributed by atoms with Gasteiger partial charge in [0.25, 0.3) is 0 Å². The first-order valence-electron chi connectivity index (χ1n) is 9.17. The third kappa shape index (κ3) is 5.46. The second-order valence-corrected chi connectivity index (χ2v) is 7.80. The van der Waals surface area contributed by atoms with E-state index in [4.69, 9.17) is 4.74 Å². The van der Waals surface area contributed by atoms with E-state index in [1.165, 1.54) is 5.56 Å². The Balaban J connectivity index is 1.39. The zero-order chi connectivity index (χ0) is 18.4. The van der Waals surface area contributed by atoms with E-state index in [2.05, 4.69) is 36.1 Å². The predicted octanol–water partition coefficient (Wildman–Crippen LogP) is 1.09. The van der Waals surface area contributed by atoms with Crippen LogP contribution in [-0.2, 0) is 14.3 Å². The van der Waals surface area contributed by atoms with Crippen LogP contribution in [-0.4, -0.2) is 91.3 Å². The minimum Gasteiger partial charge on any atom is -0.379 e. The highest BCUT2D eigenvalue weighted by atomic mass is 32.2. The topological polar surface area (TPSA) is 53.1 Å². The molecule has 142 valence electrons. The highest BCUT2D eigenvalue weighted by Gasteiger charge is 2.25. The number of hydrogen-bond donors (Lipinski definition) is 0. The van der Waals surface area contributed by atoms with E-state index in [0.29, 0.717) is 51.7 Å². The summed E-state index contributed by atoms with van der Waals surface area (Å²) in [7, 11) is 0. The number of hydrogen-bond acceptors (Lipinski definition) is 5. The summed E-state index contributed by atoms with van der Waals surface area (Å²) in [5.41, 5.74) is 1.22. The molecule has 26 heavy (non-hydrogen) atoms. The average molecular weight is 378 g/mol. The molecule has 2 saturated heterocycles. The van der Waals surface area contributed by atoms with Crippen molar-refractivity contribution in [3.63, 3.8) is 0 Å². The van der Waals surface area contributed by atoms with Crippen LogP contribution in [0.2, 0.25) is 0 Å². The minimum absolute atomic E-state index is 0.149. The van der Waals surface area contributed by atoms with Crippen LogP contribution in [0.15, 0.2) is 29.2 Å². The van der Waals surface area contributed by atoms with Crippen LogP contribution in [0.4, 0.5) is 0 Å². The lowest BCUT2D eigenvalue weighted by atomic mass is 10.2. The number of morpholine rings is 1.